The minimum Gasteiger partial charge on any atom is -0.489 e. The molecule has 0 bridgehead atoms. The highest BCUT2D eigenvalue weighted by Gasteiger charge is 2.31. The number of fused-ring (bicyclic) bond motifs is 3. The number of rotatable bonds is 7. The van der Waals surface area contributed by atoms with Gasteiger partial charge in [-0.1, -0.05) is 24.8 Å². The zero-order valence-electron chi connectivity index (χ0n) is 18.9. The number of pyridine rings is 1. The summed E-state index contributed by atoms with van der Waals surface area (Å²) in [7, 11) is 0. The summed E-state index contributed by atoms with van der Waals surface area (Å²) in [6.45, 7) is 9.92. The zero-order chi connectivity index (χ0) is 22.8. The van der Waals surface area contributed by atoms with Gasteiger partial charge in [0, 0.05) is 32.6 Å². The predicted octanol–water partition coefficient (Wildman–Crippen LogP) is 5.62. The number of hydrogen-bond acceptors (Lipinski definition) is 6. The lowest BCUT2D eigenvalue weighted by Crippen LogP contribution is -2.18. The molecule has 1 aromatic carbocycles. The van der Waals surface area contributed by atoms with E-state index in [2.05, 4.69) is 6.58 Å². The normalized spacial score (nSPS) is 14.1. The Hall–Kier alpha value is -2.70. The van der Waals surface area contributed by atoms with Gasteiger partial charge < -0.3 is 14.6 Å². The molecule has 1 atom stereocenters. The van der Waals surface area contributed by atoms with E-state index in [0.717, 1.165) is 46.2 Å². The maximum atomic E-state index is 12.6. The number of aromatic nitrogens is 1. The Bertz CT molecular complexity index is 1180. The molecule has 0 fully saturated rings. The molecular weight excluding hydrogens is 422 g/mol. The standard InChI is InChI=1S/C26H29NO4S/c1-5-13-31-19-14-15(3)11-12-17(19)22-21(24(28)26(29)30-6-2)16(4)27-25-23(22)18-9-7-8-10-20(18)32-25/h5,11-12,14,24,28H,1,6-10,13H2,2-4H3. The van der Waals surface area contributed by atoms with Crippen LogP contribution >= 0.6 is 11.3 Å². The molecule has 1 N–H and O–H groups in total. The molecule has 0 aliphatic heterocycles. The topological polar surface area (TPSA) is 68.7 Å². The number of benzene rings is 1. The first kappa shape index (κ1) is 22.5. The van der Waals surface area contributed by atoms with Crippen LogP contribution < -0.4 is 4.74 Å². The van der Waals surface area contributed by atoms with E-state index in [1.807, 2.05) is 32.0 Å². The number of thiophene rings is 1. The van der Waals surface area contributed by atoms with Crippen LogP contribution in [0.4, 0.5) is 0 Å². The molecule has 2 aromatic heterocycles. The molecule has 32 heavy (non-hydrogen) atoms. The van der Waals surface area contributed by atoms with E-state index < -0.39 is 12.1 Å². The van der Waals surface area contributed by atoms with Crippen molar-refractivity contribution in [2.75, 3.05) is 13.2 Å². The summed E-state index contributed by atoms with van der Waals surface area (Å²) < 4.78 is 11.2. The molecule has 6 heteroatoms. The van der Waals surface area contributed by atoms with Crippen LogP contribution in [0, 0.1) is 13.8 Å². The molecule has 4 rings (SSSR count). The van der Waals surface area contributed by atoms with Crippen LogP contribution in [-0.4, -0.2) is 29.3 Å². The number of nitrogens with zero attached hydrogens (tertiary/aromatic N) is 1. The molecule has 3 aromatic rings. The second-order valence-electron chi connectivity index (χ2n) is 8.13. The van der Waals surface area contributed by atoms with Crippen molar-refractivity contribution < 1.29 is 19.4 Å². The number of carbonyl (C=O) groups excluding carboxylic acids is 1. The Balaban J connectivity index is 2.07. The van der Waals surface area contributed by atoms with Gasteiger partial charge in [0.15, 0.2) is 6.10 Å². The van der Waals surface area contributed by atoms with E-state index in [1.165, 1.54) is 16.9 Å². The van der Waals surface area contributed by atoms with Gasteiger partial charge in [0.05, 0.1) is 6.61 Å². The van der Waals surface area contributed by atoms with Crippen LogP contribution in [0.3, 0.4) is 0 Å². The summed E-state index contributed by atoms with van der Waals surface area (Å²) in [5.74, 6) is 0.0348. The summed E-state index contributed by atoms with van der Waals surface area (Å²) in [4.78, 5) is 19.7. The quantitative estimate of drug-likeness (QED) is 0.373. The van der Waals surface area contributed by atoms with Crippen molar-refractivity contribution in [2.45, 2.75) is 52.6 Å². The molecule has 0 radical (unpaired) electrons. The van der Waals surface area contributed by atoms with E-state index in [1.54, 1.807) is 24.3 Å². The zero-order valence-corrected chi connectivity index (χ0v) is 19.7. The monoisotopic (exact) mass is 451 g/mol. The fourth-order valence-corrected chi connectivity index (χ4v) is 5.79. The van der Waals surface area contributed by atoms with Crippen molar-refractivity contribution in [3.05, 3.63) is 58.1 Å². The van der Waals surface area contributed by atoms with Gasteiger partial charge >= 0.3 is 5.97 Å². The average molecular weight is 452 g/mol. The summed E-state index contributed by atoms with van der Waals surface area (Å²) in [5.41, 5.74) is 5.14. The van der Waals surface area contributed by atoms with E-state index >= 15 is 0 Å². The fourth-order valence-electron chi connectivity index (χ4n) is 4.47. The summed E-state index contributed by atoms with van der Waals surface area (Å²) in [5, 5.41) is 12.1. The Labute approximate surface area is 192 Å². The van der Waals surface area contributed by atoms with E-state index in [-0.39, 0.29) is 6.61 Å². The van der Waals surface area contributed by atoms with Crippen LogP contribution in [-0.2, 0) is 22.4 Å². The van der Waals surface area contributed by atoms with Crippen molar-refractivity contribution in [1.29, 1.82) is 0 Å². The molecule has 1 unspecified atom stereocenters. The van der Waals surface area contributed by atoms with Gasteiger partial charge in [-0.15, -0.1) is 11.3 Å². The average Bonchev–Trinajstić information content (AvgIpc) is 3.14. The van der Waals surface area contributed by atoms with Crippen LogP contribution in [0.5, 0.6) is 5.75 Å². The van der Waals surface area contributed by atoms with E-state index in [9.17, 15) is 9.90 Å². The molecule has 2 heterocycles. The number of hydrogen-bond donors (Lipinski definition) is 1. The fraction of sp³-hybridized carbons (Fsp3) is 0.385. The van der Waals surface area contributed by atoms with Crippen molar-refractivity contribution in [3.63, 3.8) is 0 Å². The molecular formula is C26H29NO4S. The highest BCUT2D eigenvalue weighted by Crippen LogP contribution is 2.47. The third-order valence-electron chi connectivity index (χ3n) is 5.88. The second-order valence-corrected chi connectivity index (χ2v) is 9.21. The Morgan fingerprint density at radius 2 is 2.09 bits per heavy atom. The second kappa shape index (κ2) is 9.43. The van der Waals surface area contributed by atoms with Gasteiger partial charge in [-0.05, 0) is 63.6 Å². The number of ether oxygens (including phenoxy) is 2. The molecule has 0 spiro atoms. The highest BCUT2D eigenvalue weighted by molar-refractivity contribution is 7.19. The van der Waals surface area contributed by atoms with Crippen LogP contribution in [0.15, 0.2) is 30.9 Å². The lowest BCUT2D eigenvalue weighted by Gasteiger charge is -2.21. The SMILES string of the molecule is C=CCOc1cc(C)ccc1-c1c(C(O)C(=O)OCC)c(C)nc2sc3c(c12)CCCC3. The van der Waals surface area contributed by atoms with E-state index in [4.69, 9.17) is 14.5 Å². The molecule has 0 saturated carbocycles. The van der Waals surface area contributed by atoms with Gasteiger partial charge in [-0.3, -0.25) is 0 Å². The smallest absolute Gasteiger partial charge is 0.339 e. The van der Waals surface area contributed by atoms with Crippen LogP contribution in [0.25, 0.3) is 21.3 Å². The first-order valence-corrected chi connectivity index (χ1v) is 11.9. The number of esters is 1. The van der Waals surface area contributed by atoms with Gasteiger partial charge in [0.25, 0.3) is 0 Å². The number of aliphatic hydroxyl groups excluding tert-OH is 1. The van der Waals surface area contributed by atoms with Gasteiger partial charge in [0.1, 0.15) is 17.2 Å². The number of aliphatic hydroxyl groups is 1. The van der Waals surface area contributed by atoms with Crippen LogP contribution in [0.1, 0.15) is 53.1 Å². The third kappa shape index (κ3) is 4.05. The van der Waals surface area contributed by atoms with Gasteiger partial charge in [-0.2, -0.15) is 0 Å². The maximum absolute atomic E-state index is 12.6. The largest absolute Gasteiger partial charge is 0.489 e. The Morgan fingerprint density at radius 1 is 1.31 bits per heavy atom. The van der Waals surface area contributed by atoms with Crippen molar-refractivity contribution in [1.82, 2.24) is 4.98 Å². The van der Waals surface area contributed by atoms with Crippen LogP contribution in [0.2, 0.25) is 0 Å². The first-order chi connectivity index (χ1) is 15.5. The predicted molar refractivity (Wildman–Crippen MR) is 128 cm³/mol. The van der Waals surface area contributed by atoms with Gasteiger partial charge in [0.2, 0.25) is 0 Å². The molecule has 1 aliphatic carbocycles. The lowest BCUT2D eigenvalue weighted by molar-refractivity contribution is -0.153. The molecule has 0 amide bonds. The molecule has 1 aliphatic rings. The summed E-state index contributed by atoms with van der Waals surface area (Å²) in [6, 6.07) is 6.02. The van der Waals surface area contributed by atoms with Crippen molar-refractivity contribution >= 4 is 27.5 Å². The lowest BCUT2D eigenvalue weighted by atomic mass is 9.87. The summed E-state index contributed by atoms with van der Waals surface area (Å²) in [6.07, 6.45) is 4.59. The minimum absolute atomic E-state index is 0.200. The van der Waals surface area contributed by atoms with Crippen molar-refractivity contribution in [2.24, 2.45) is 0 Å². The number of aryl methyl sites for hydroxylation is 4. The number of carbonyl (C=O) groups is 1. The maximum Gasteiger partial charge on any atom is 0.339 e. The van der Waals surface area contributed by atoms with Crippen molar-refractivity contribution in [3.8, 4) is 16.9 Å². The molecule has 5 nitrogen and oxygen atoms in total. The molecule has 0 saturated heterocycles. The Kier molecular flexibility index (Phi) is 6.63. The highest BCUT2D eigenvalue weighted by atomic mass is 32.1. The molecule has 168 valence electrons. The third-order valence-corrected chi connectivity index (χ3v) is 7.06. The first-order valence-electron chi connectivity index (χ1n) is 11.1. The summed E-state index contributed by atoms with van der Waals surface area (Å²) >= 11 is 1.72. The van der Waals surface area contributed by atoms with E-state index in [0.29, 0.717) is 23.6 Å². The minimum atomic E-state index is -1.42. The van der Waals surface area contributed by atoms with Gasteiger partial charge in [-0.25, -0.2) is 9.78 Å². The Morgan fingerprint density at radius 3 is 2.84 bits per heavy atom.